The van der Waals surface area contributed by atoms with Crippen LogP contribution in [-0.4, -0.2) is 21.6 Å². The molecule has 0 amide bonds. The molecule has 0 saturated heterocycles. The van der Waals surface area contributed by atoms with Gasteiger partial charge in [-0.2, -0.15) is 10.2 Å². The fourth-order valence-corrected chi connectivity index (χ4v) is 1.87. The molecule has 6 nitrogen and oxygen atoms in total. The molecule has 1 aromatic carbocycles. The summed E-state index contributed by atoms with van der Waals surface area (Å²) in [5, 5.41) is 8.58. The molecule has 0 unspecified atom stereocenters. The normalized spacial score (nSPS) is 17.3. The van der Waals surface area contributed by atoms with Crippen LogP contribution in [0.5, 0.6) is 0 Å². The largest absolute Gasteiger partial charge is 0.375 e. The average Bonchev–Trinajstić information content (AvgIpc) is 2.72. The van der Waals surface area contributed by atoms with Crippen LogP contribution in [0.4, 0.5) is 0 Å². The second-order valence-electron chi connectivity index (χ2n) is 3.79. The van der Waals surface area contributed by atoms with Crippen LogP contribution >= 0.6 is 24.4 Å². The van der Waals surface area contributed by atoms with Crippen LogP contribution in [-0.2, 0) is 0 Å². The highest BCUT2D eigenvalue weighted by Crippen LogP contribution is 2.22. The number of nitrogens with two attached hydrogens (primary N) is 2. The first-order valence-electron chi connectivity index (χ1n) is 5.41. The molecule has 1 aliphatic rings. The van der Waals surface area contributed by atoms with Gasteiger partial charge >= 0.3 is 0 Å². The lowest BCUT2D eigenvalue weighted by atomic mass is 10.1. The summed E-state index contributed by atoms with van der Waals surface area (Å²) in [5.41, 5.74) is 19.5. The van der Waals surface area contributed by atoms with E-state index in [1.165, 1.54) is 0 Å². The van der Waals surface area contributed by atoms with Gasteiger partial charge in [-0.1, -0.05) is 24.3 Å². The molecule has 0 bridgehead atoms. The molecular formula is C11H12N6S2. The highest BCUT2D eigenvalue weighted by atomic mass is 32.1. The van der Waals surface area contributed by atoms with Gasteiger partial charge in [0.25, 0.3) is 0 Å². The number of nitrogens with zero attached hydrogens (tertiary/aromatic N) is 2. The summed E-state index contributed by atoms with van der Waals surface area (Å²) in [6, 6.07) is 7.77. The van der Waals surface area contributed by atoms with Crippen molar-refractivity contribution in [1.29, 1.82) is 0 Å². The molecular weight excluding hydrogens is 280 g/mol. The first-order valence-corrected chi connectivity index (χ1v) is 6.23. The Balaban J connectivity index is 2.33. The van der Waals surface area contributed by atoms with Crippen LogP contribution in [0, 0.1) is 0 Å². The van der Waals surface area contributed by atoms with Crippen molar-refractivity contribution in [3.05, 3.63) is 35.4 Å². The Kier molecular flexibility index (Phi) is 4.03. The topological polar surface area (TPSA) is 101 Å². The zero-order valence-corrected chi connectivity index (χ0v) is 11.5. The summed E-state index contributed by atoms with van der Waals surface area (Å²) in [5.74, 6) is 0. The van der Waals surface area contributed by atoms with Gasteiger partial charge < -0.3 is 11.5 Å². The minimum atomic E-state index is 0.122. The molecule has 98 valence electrons. The van der Waals surface area contributed by atoms with Crippen molar-refractivity contribution in [2.24, 2.45) is 21.7 Å². The molecule has 1 aromatic rings. The molecule has 2 rings (SSSR count). The molecule has 6 N–H and O–H groups in total. The lowest BCUT2D eigenvalue weighted by Crippen LogP contribution is -2.26. The van der Waals surface area contributed by atoms with Gasteiger partial charge in [0.15, 0.2) is 10.2 Å². The predicted molar refractivity (Wildman–Crippen MR) is 84.0 cm³/mol. The number of hydrogen-bond acceptors (Lipinski definition) is 4. The van der Waals surface area contributed by atoms with E-state index in [0.29, 0.717) is 6.42 Å². The maximum Gasteiger partial charge on any atom is 0.184 e. The molecule has 0 spiro atoms. The zero-order valence-electron chi connectivity index (χ0n) is 9.88. The lowest BCUT2D eigenvalue weighted by Gasteiger charge is -2.00. The molecule has 0 aromatic heterocycles. The van der Waals surface area contributed by atoms with Crippen LogP contribution in [0.2, 0.25) is 0 Å². The molecule has 1 aliphatic carbocycles. The van der Waals surface area contributed by atoms with Gasteiger partial charge in [-0.15, -0.1) is 0 Å². The summed E-state index contributed by atoms with van der Waals surface area (Å²) >= 11 is 9.45. The molecule has 19 heavy (non-hydrogen) atoms. The van der Waals surface area contributed by atoms with Gasteiger partial charge in [-0.3, -0.25) is 10.9 Å². The second kappa shape index (κ2) is 5.72. The van der Waals surface area contributed by atoms with Crippen LogP contribution < -0.4 is 22.3 Å². The monoisotopic (exact) mass is 292 g/mol. The lowest BCUT2D eigenvalue weighted by molar-refractivity contribution is 1.02. The molecule has 0 radical (unpaired) electrons. The van der Waals surface area contributed by atoms with Gasteiger partial charge in [-0.05, 0) is 24.4 Å². The Bertz CT molecular complexity index is 542. The fraction of sp³-hybridized carbons (Fsp3) is 0.0909. The number of thiocarbonyl (C=S) groups is 2. The quantitative estimate of drug-likeness (QED) is 0.458. The molecule has 0 heterocycles. The van der Waals surface area contributed by atoms with Gasteiger partial charge in [0.05, 0.1) is 11.4 Å². The molecule has 0 aliphatic heterocycles. The van der Waals surface area contributed by atoms with E-state index in [4.69, 9.17) is 35.9 Å². The Morgan fingerprint density at radius 3 is 1.74 bits per heavy atom. The highest BCUT2D eigenvalue weighted by molar-refractivity contribution is 7.80. The first-order chi connectivity index (χ1) is 9.08. The number of hydrogen-bond donors (Lipinski definition) is 4. The predicted octanol–water partition coefficient (Wildman–Crippen LogP) is 0.165. The van der Waals surface area contributed by atoms with Crippen LogP contribution in [0.15, 0.2) is 34.5 Å². The molecule has 0 fully saturated rings. The second-order valence-corrected chi connectivity index (χ2v) is 4.67. The third kappa shape index (κ3) is 3.24. The third-order valence-electron chi connectivity index (χ3n) is 2.49. The van der Waals surface area contributed by atoms with E-state index in [-0.39, 0.29) is 10.2 Å². The van der Waals surface area contributed by atoms with E-state index in [2.05, 4.69) is 21.1 Å². The average molecular weight is 292 g/mol. The summed E-state index contributed by atoms with van der Waals surface area (Å²) in [4.78, 5) is 0. The standard InChI is InChI=1S/C11H12N6S2/c12-10(18)16-14-8-5-9(15-17-11(13)19)7-4-2-1-3-6(7)8/h1-4H,5H2,(H3,12,16,18)(H3,13,17,19)/b14-8+,15-9+. The van der Waals surface area contributed by atoms with Crippen molar-refractivity contribution >= 4 is 46.1 Å². The fourth-order valence-electron chi connectivity index (χ4n) is 1.78. The Morgan fingerprint density at radius 2 is 1.37 bits per heavy atom. The number of rotatable bonds is 2. The summed E-state index contributed by atoms with van der Waals surface area (Å²) in [6.07, 6.45) is 0.546. The van der Waals surface area contributed by atoms with Crippen molar-refractivity contribution < 1.29 is 0 Å². The van der Waals surface area contributed by atoms with Crippen molar-refractivity contribution in [2.75, 3.05) is 0 Å². The van der Waals surface area contributed by atoms with E-state index in [9.17, 15) is 0 Å². The van der Waals surface area contributed by atoms with Crippen LogP contribution in [0.1, 0.15) is 17.5 Å². The Hall–Kier alpha value is -2.06. The van der Waals surface area contributed by atoms with Gasteiger partial charge in [-0.25, -0.2) is 0 Å². The van der Waals surface area contributed by atoms with Gasteiger partial charge in [0, 0.05) is 17.5 Å². The first kappa shape index (κ1) is 13.4. The highest BCUT2D eigenvalue weighted by Gasteiger charge is 2.23. The van der Waals surface area contributed by atoms with Crippen molar-refractivity contribution in [2.45, 2.75) is 6.42 Å². The smallest absolute Gasteiger partial charge is 0.184 e. The van der Waals surface area contributed by atoms with Crippen molar-refractivity contribution in [1.82, 2.24) is 10.9 Å². The number of fused-ring (bicyclic) bond motifs is 1. The van der Waals surface area contributed by atoms with E-state index >= 15 is 0 Å². The minimum Gasteiger partial charge on any atom is -0.375 e. The van der Waals surface area contributed by atoms with Gasteiger partial charge in [0.2, 0.25) is 0 Å². The molecule has 8 heteroatoms. The van der Waals surface area contributed by atoms with E-state index in [1.807, 2.05) is 24.3 Å². The summed E-state index contributed by atoms with van der Waals surface area (Å²) < 4.78 is 0. The zero-order chi connectivity index (χ0) is 13.8. The Morgan fingerprint density at radius 1 is 0.947 bits per heavy atom. The SMILES string of the molecule is NC(=S)N/N=C1\C/C(=N\NC(N)=S)c2ccccc21. The van der Waals surface area contributed by atoms with Gasteiger partial charge in [0.1, 0.15) is 0 Å². The maximum absolute atomic E-state index is 5.36. The minimum absolute atomic E-state index is 0.122. The molecule has 0 atom stereocenters. The van der Waals surface area contributed by atoms with E-state index < -0.39 is 0 Å². The van der Waals surface area contributed by atoms with E-state index in [0.717, 1.165) is 22.6 Å². The number of benzene rings is 1. The molecule has 0 saturated carbocycles. The summed E-state index contributed by atoms with van der Waals surface area (Å²) in [7, 11) is 0. The van der Waals surface area contributed by atoms with Crippen molar-refractivity contribution in [3.63, 3.8) is 0 Å². The van der Waals surface area contributed by atoms with Crippen molar-refractivity contribution in [3.8, 4) is 0 Å². The third-order valence-corrected chi connectivity index (χ3v) is 2.67. The van der Waals surface area contributed by atoms with E-state index in [1.54, 1.807) is 0 Å². The van der Waals surface area contributed by atoms with Crippen LogP contribution in [0.3, 0.4) is 0 Å². The maximum atomic E-state index is 5.36. The summed E-state index contributed by atoms with van der Waals surface area (Å²) in [6.45, 7) is 0. The Labute approximate surface area is 120 Å². The number of hydrazone groups is 2. The van der Waals surface area contributed by atoms with Crippen LogP contribution in [0.25, 0.3) is 0 Å². The number of nitrogens with one attached hydrogen (secondary N) is 2.